The zero-order valence-electron chi connectivity index (χ0n) is 11.9. The molecule has 0 aliphatic heterocycles. The van der Waals surface area contributed by atoms with Crippen molar-refractivity contribution in [2.24, 2.45) is 5.14 Å². The maximum Gasteiger partial charge on any atom is 0.291 e. The van der Waals surface area contributed by atoms with Crippen molar-refractivity contribution < 1.29 is 13.3 Å². The van der Waals surface area contributed by atoms with Gasteiger partial charge in [-0.05, 0) is 24.3 Å². The molecule has 23 heavy (non-hydrogen) atoms. The Balaban J connectivity index is 2.01. The van der Waals surface area contributed by atoms with Crippen LogP contribution in [0.1, 0.15) is 0 Å². The third-order valence-corrected chi connectivity index (χ3v) is 4.78. The third kappa shape index (κ3) is 4.91. The van der Waals surface area contributed by atoms with Crippen LogP contribution in [-0.2, 0) is 10.0 Å². The van der Waals surface area contributed by atoms with Crippen molar-refractivity contribution in [1.29, 1.82) is 0 Å². The zero-order chi connectivity index (χ0) is 16.9. The van der Waals surface area contributed by atoms with Gasteiger partial charge in [0, 0.05) is 41.3 Å². The maximum atomic E-state index is 11.3. The Hall–Kier alpha value is -2.17. The fourth-order valence-corrected chi connectivity index (χ4v) is 3.25. The fraction of sp³-hybridized carbons (Fsp3) is 0.154. The summed E-state index contributed by atoms with van der Waals surface area (Å²) in [6.07, 6.45) is 3.40. The Morgan fingerprint density at radius 2 is 1.96 bits per heavy atom. The Kier molecular flexibility index (Phi) is 5.53. The van der Waals surface area contributed by atoms with Crippen molar-refractivity contribution in [1.82, 2.24) is 4.98 Å². The van der Waals surface area contributed by atoms with E-state index in [9.17, 15) is 18.5 Å². The summed E-state index contributed by atoms with van der Waals surface area (Å²) in [6.45, 7) is 0.554. The minimum Gasteiger partial charge on any atom is -0.384 e. The van der Waals surface area contributed by atoms with E-state index in [1.165, 1.54) is 6.07 Å². The number of nitrogens with two attached hydrogens (primary N) is 1. The van der Waals surface area contributed by atoms with Gasteiger partial charge >= 0.3 is 0 Å². The summed E-state index contributed by atoms with van der Waals surface area (Å²) in [5.74, 6) is 0.731. The van der Waals surface area contributed by atoms with Gasteiger partial charge in [0.15, 0.2) is 4.90 Å². The van der Waals surface area contributed by atoms with Crippen LogP contribution in [0.15, 0.2) is 52.5 Å². The molecule has 0 fully saturated rings. The lowest BCUT2D eigenvalue weighted by Gasteiger charge is -2.08. The van der Waals surface area contributed by atoms with E-state index in [0.29, 0.717) is 12.2 Å². The van der Waals surface area contributed by atoms with Gasteiger partial charge in [0.25, 0.3) is 5.69 Å². The van der Waals surface area contributed by atoms with Gasteiger partial charge in [-0.3, -0.25) is 15.1 Å². The normalized spacial score (nSPS) is 11.2. The van der Waals surface area contributed by atoms with Crippen LogP contribution >= 0.6 is 11.8 Å². The summed E-state index contributed by atoms with van der Waals surface area (Å²) >= 11 is 1.61. The zero-order valence-corrected chi connectivity index (χ0v) is 13.5. The SMILES string of the molecule is NS(=O)(=O)c1ccc(NCCSc2ccncc2)cc1[N+](=O)[O-]. The van der Waals surface area contributed by atoms with Crippen molar-refractivity contribution in [3.63, 3.8) is 0 Å². The van der Waals surface area contributed by atoms with Crippen LogP contribution in [0.3, 0.4) is 0 Å². The number of primary sulfonamides is 1. The van der Waals surface area contributed by atoms with E-state index in [2.05, 4.69) is 10.3 Å². The van der Waals surface area contributed by atoms with Crippen molar-refractivity contribution in [3.05, 3.63) is 52.8 Å². The number of aromatic nitrogens is 1. The highest BCUT2D eigenvalue weighted by Gasteiger charge is 2.22. The van der Waals surface area contributed by atoms with Gasteiger partial charge in [-0.2, -0.15) is 0 Å². The first kappa shape index (κ1) is 17.2. The molecule has 1 aromatic heterocycles. The molecule has 0 saturated carbocycles. The van der Waals surface area contributed by atoms with E-state index in [1.54, 1.807) is 24.2 Å². The molecule has 0 atom stereocenters. The van der Waals surface area contributed by atoms with Gasteiger partial charge < -0.3 is 5.32 Å². The quantitative estimate of drug-likeness (QED) is 0.336. The molecule has 0 amide bonds. The molecule has 122 valence electrons. The largest absolute Gasteiger partial charge is 0.384 e. The average Bonchev–Trinajstić information content (AvgIpc) is 2.51. The van der Waals surface area contributed by atoms with E-state index in [-0.39, 0.29) is 0 Å². The van der Waals surface area contributed by atoms with Gasteiger partial charge in [-0.1, -0.05) is 0 Å². The number of nitro groups is 1. The highest BCUT2D eigenvalue weighted by molar-refractivity contribution is 7.99. The van der Waals surface area contributed by atoms with E-state index in [1.807, 2.05) is 12.1 Å². The molecule has 2 aromatic rings. The van der Waals surface area contributed by atoms with E-state index in [0.717, 1.165) is 22.8 Å². The molecule has 3 N–H and O–H groups in total. The molecule has 0 radical (unpaired) electrons. The number of hydrogen-bond acceptors (Lipinski definition) is 7. The number of benzene rings is 1. The summed E-state index contributed by atoms with van der Waals surface area (Å²) in [5, 5.41) is 19.0. The lowest BCUT2D eigenvalue weighted by atomic mass is 10.3. The Bertz CT molecular complexity index is 797. The summed E-state index contributed by atoms with van der Waals surface area (Å²) in [6, 6.07) is 7.51. The number of hydrogen-bond donors (Lipinski definition) is 2. The number of nitrogens with one attached hydrogen (secondary N) is 1. The second-order valence-corrected chi connectivity index (χ2v) is 7.14. The molecule has 0 unspecified atom stereocenters. The van der Waals surface area contributed by atoms with Gasteiger partial charge in [0.1, 0.15) is 0 Å². The lowest BCUT2D eigenvalue weighted by Crippen LogP contribution is -2.14. The fourth-order valence-electron chi connectivity index (χ4n) is 1.81. The molecular formula is C13H14N4O4S2. The molecule has 0 bridgehead atoms. The highest BCUT2D eigenvalue weighted by atomic mass is 32.2. The van der Waals surface area contributed by atoms with Gasteiger partial charge in [0.2, 0.25) is 10.0 Å². The van der Waals surface area contributed by atoms with Gasteiger partial charge in [-0.25, -0.2) is 13.6 Å². The number of nitrogens with zero attached hydrogens (tertiary/aromatic N) is 2. The van der Waals surface area contributed by atoms with E-state index < -0.39 is 25.5 Å². The first-order chi connectivity index (χ1) is 10.9. The second-order valence-electron chi connectivity index (χ2n) is 4.44. The molecule has 0 spiro atoms. The predicted octanol–water partition coefficient (Wildman–Crippen LogP) is 1.84. The molecule has 0 saturated heterocycles. The summed E-state index contributed by atoms with van der Waals surface area (Å²) in [4.78, 5) is 14.7. The predicted molar refractivity (Wildman–Crippen MR) is 87.9 cm³/mol. The highest BCUT2D eigenvalue weighted by Crippen LogP contribution is 2.26. The van der Waals surface area contributed by atoms with Gasteiger partial charge in [0.05, 0.1) is 4.92 Å². The molecular weight excluding hydrogens is 340 g/mol. The number of thioether (sulfide) groups is 1. The topological polar surface area (TPSA) is 128 Å². The standard InChI is InChI=1S/C13H14N4O4S2/c14-23(20,21)13-2-1-10(9-12(13)17(18)19)16-7-8-22-11-3-5-15-6-4-11/h1-6,9,16H,7-8H2,(H2,14,20,21). The number of nitro benzene ring substituents is 1. The first-order valence-electron chi connectivity index (χ1n) is 6.46. The average molecular weight is 354 g/mol. The molecule has 2 rings (SSSR count). The van der Waals surface area contributed by atoms with Crippen LogP contribution in [0.2, 0.25) is 0 Å². The first-order valence-corrected chi connectivity index (χ1v) is 8.99. The van der Waals surface area contributed by atoms with Crippen LogP contribution in [0, 0.1) is 10.1 Å². The maximum absolute atomic E-state index is 11.3. The monoisotopic (exact) mass is 354 g/mol. The Labute approximate surface area is 137 Å². The molecule has 1 heterocycles. The minimum absolute atomic E-state index is 0.458. The number of sulfonamides is 1. The van der Waals surface area contributed by atoms with Crippen LogP contribution in [0.4, 0.5) is 11.4 Å². The van der Waals surface area contributed by atoms with Crippen molar-refractivity contribution in [2.45, 2.75) is 9.79 Å². The van der Waals surface area contributed by atoms with Crippen molar-refractivity contribution >= 4 is 33.2 Å². The van der Waals surface area contributed by atoms with Crippen LogP contribution in [-0.4, -0.2) is 30.6 Å². The summed E-state index contributed by atoms with van der Waals surface area (Å²) in [7, 11) is -4.14. The Morgan fingerprint density at radius 1 is 1.26 bits per heavy atom. The lowest BCUT2D eigenvalue weighted by molar-refractivity contribution is -0.387. The number of rotatable bonds is 7. The number of anilines is 1. The molecule has 8 nitrogen and oxygen atoms in total. The molecule has 1 aromatic carbocycles. The minimum atomic E-state index is -4.14. The second kappa shape index (κ2) is 7.40. The summed E-state index contributed by atoms with van der Waals surface area (Å²) < 4.78 is 22.7. The van der Waals surface area contributed by atoms with Crippen LogP contribution < -0.4 is 10.5 Å². The van der Waals surface area contributed by atoms with E-state index in [4.69, 9.17) is 5.14 Å². The van der Waals surface area contributed by atoms with Crippen molar-refractivity contribution in [3.8, 4) is 0 Å². The summed E-state index contributed by atoms with van der Waals surface area (Å²) in [5.41, 5.74) is -0.0845. The molecule has 0 aliphatic carbocycles. The van der Waals surface area contributed by atoms with Gasteiger partial charge in [-0.15, -0.1) is 11.8 Å². The van der Waals surface area contributed by atoms with E-state index >= 15 is 0 Å². The van der Waals surface area contributed by atoms with Crippen LogP contribution in [0.5, 0.6) is 0 Å². The smallest absolute Gasteiger partial charge is 0.291 e. The molecule has 10 heteroatoms. The number of pyridine rings is 1. The third-order valence-electron chi connectivity index (χ3n) is 2.81. The molecule has 0 aliphatic rings. The van der Waals surface area contributed by atoms with Crippen LogP contribution in [0.25, 0.3) is 0 Å². The van der Waals surface area contributed by atoms with Crippen molar-refractivity contribution in [2.75, 3.05) is 17.6 Å². The Morgan fingerprint density at radius 3 is 2.57 bits per heavy atom.